The van der Waals surface area contributed by atoms with Crippen molar-refractivity contribution in [1.82, 2.24) is 0 Å². The van der Waals surface area contributed by atoms with E-state index in [1.54, 1.807) is 0 Å². The first-order chi connectivity index (χ1) is 8.20. The Hall–Kier alpha value is -1.49. The van der Waals surface area contributed by atoms with Gasteiger partial charge in [0.05, 0.1) is 11.3 Å². The number of hydrogen-bond acceptors (Lipinski definition) is 2. The minimum absolute atomic E-state index is 0.816. The zero-order valence-corrected chi connectivity index (χ0v) is 10.7. The fraction of sp³-hybridized carbons (Fsp3) is 0.533. The van der Waals surface area contributed by atoms with Gasteiger partial charge in [-0.3, -0.25) is 0 Å². The zero-order chi connectivity index (χ0) is 12.3. The van der Waals surface area contributed by atoms with Gasteiger partial charge in [0.25, 0.3) is 0 Å². The van der Waals surface area contributed by atoms with Gasteiger partial charge in [-0.2, -0.15) is 5.26 Å². The number of anilines is 1. The fourth-order valence-corrected chi connectivity index (χ4v) is 2.52. The van der Waals surface area contributed by atoms with E-state index in [0.29, 0.717) is 0 Å². The van der Waals surface area contributed by atoms with Crippen LogP contribution in [0.3, 0.4) is 0 Å². The van der Waals surface area contributed by atoms with Crippen molar-refractivity contribution in [2.75, 3.05) is 18.0 Å². The van der Waals surface area contributed by atoms with Crippen LogP contribution in [0.15, 0.2) is 18.2 Å². The molecule has 0 saturated carbocycles. The number of nitriles is 1. The van der Waals surface area contributed by atoms with Gasteiger partial charge in [-0.05, 0) is 49.8 Å². The van der Waals surface area contributed by atoms with Crippen LogP contribution in [0.4, 0.5) is 5.69 Å². The third-order valence-corrected chi connectivity index (χ3v) is 3.63. The molecule has 0 amide bonds. The van der Waals surface area contributed by atoms with Gasteiger partial charge in [-0.15, -0.1) is 0 Å². The van der Waals surface area contributed by atoms with Gasteiger partial charge >= 0.3 is 0 Å². The Labute approximate surface area is 104 Å². The highest BCUT2D eigenvalue weighted by Gasteiger charge is 2.16. The average molecular weight is 228 g/mol. The first kappa shape index (κ1) is 12.0. The van der Waals surface area contributed by atoms with Gasteiger partial charge in [0, 0.05) is 13.1 Å². The highest BCUT2D eigenvalue weighted by molar-refractivity contribution is 5.60. The summed E-state index contributed by atoms with van der Waals surface area (Å²) in [5, 5.41) is 9.22. The number of hydrogen-bond donors (Lipinski definition) is 0. The molecule has 1 aromatic rings. The number of rotatable bonds is 1. The van der Waals surface area contributed by atoms with Crippen molar-refractivity contribution in [3.8, 4) is 6.07 Å². The SMILES string of the molecule is Cc1ccc(N2CCCC(C)CC2)c(C#N)c1. The molecule has 1 fully saturated rings. The molecule has 0 aromatic heterocycles. The van der Waals surface area contributed by atoms with Crippen LogP contribution >= 0.6 is 0 Å². The predicted octanol–water partition coefficient (Wildman–Crippen LogP) is 3.49. The van der Waals surface area contributed by atoms with Gasteiger partial charge in [0.1, 0.15) is 6.07 Å². The van der Waals surface area contributed by atoms with Crippen LogP contribution in [-0.2, 0) is 0 Å². The Kier molecular flexibility index (Phi) is 3.68. The van der Waals surface area contributed by atoms with E-state index in [2.05, 4.69) is 30.0 Å². The minimum Gasteiger partial charge on any atom is -0.370 e. The molecule has 1 aliphatic heterocycles. The van der Waals surface area contributed by atoms with Gasteiger partial charge in [0.15, 0.2) is 0 Å². The Bertz CT molecular complexity index is 431. The molecule has 1 heterocycles. The molecule has 0 radical (unpaired) electrons. The van der Waals surface area contributed by atoms with Crippen molar-refractivity contribution in [3.63, 3.8) is 0 Å². The van der Waals surface area contributed by atoms with Crippen molar-refractivity contribution >= 4 is 5.69 Å². The van der Waals surface area contributed by atoms with Crippen molar-refractivity contribution < 1.29 is 0 Å². The molecule has 2 heteroatoms. The second-order valence-corrected chi connectivity index (χ2v) is 5.16. The monoisotopic (exact) mass is 228 g/mol. The molecule has 1 unspecified atom stereocenters. The molecule has 0 bridgehead atoms. The Morgan fingerprint density at radius 1 is 1.29 bits per heavy atom. The zero-order valence-electron chi connectivity index (χ0n) is 10.7. The number of aryl methyl sites for hydroxylation is 1. The van der Waals surface area contributed by atoms with Crippen LogP contribution in [0.2, 0.25) is 0 Å². The molecule has 1 atom stereocenters. The van der Waals surface area contributed by atoms with Gasteiger partial charge in [0.2, 0.25) is 0 Å². The molecule has 90 valence electrons. The van der Waals surface area contributed by atoms with Crippen LogP contribution in [0.25, 0.3) is 0 Å². The minimum atomic E-state index is 0.816. The molecular formula is C15H20N2. The summed E-state index contributed by atoms with van der Waals surface area (Å²) in [6, 6.07) is 8.52. The predicted molar refractivity (Wildman–Crippen MR) is 71.1 cm³/mol. The van der Waals surface area contributed by atoms with Crippen LogP contribution < -0.4 is 4.90 Å². The summed E-state index contributed by atoms with van der Waals surface area (Å²) >= 11 is 0. The van der Waals surface area contributed by atoms with E-state index in [9.17, 15) is 5.26 Å². The molecule has 0 aliphatic carbocycles. The van der Waals surface area contributed by atoms with Crippen molar-refractivity contribution in [3.05, 3.63) is 29.3 Å². The topological polar surface area (TPSA) is 27.0 Å². The number of nitrogens with zero attached hydrogens (tertiary/aromatic N) is 2. The average Bonchev–Trinajstić information content (AvgIpc) is 2.54. The van der Waals surface area contributed by atoms with Gasteiger partial charge in [-0.1, -0.05) is 13.0 Å². The normalized spacial score (nSPS) is 20.8. The molecule has 1 saturated heterocycles. The maximum Gasteiger partial charge on any atom is 0.101 e. The first-order valence-electron chi connectivity index (χ1n) is 6.46. The molecule has 1 aliphatic rings. The van der Waals surface area contributed by atoms with E-state index >= 15 is 0 Å². The van der Waals surface area contributed by atoms with Crippen LogP contribution in [0.5, 0.6) is 0 Å². The lowest BCUT2D eigenvalue weighted by molar-refractivity contribution is 0.521. The third-order valence-electron chi connectivity index (χ3n) is 3.63. The van der Waals surface area contributed by atoms with E-state index in [-0.39, 0.29) is 0 Å². The second-order valence-electron chi connectivity index (χ2n) is 5.16. The largest absolute Gasteiger partial charge is 0.370 e. The summed E-state index contributed by atoms with van der Waals surface area (Å²) in [6.45, 7) is 6.53. The second kappa shape index (κ2) is 5.23. The van der Waals surface area contributed by atoms with Crippen LogP contribution in [0, 0.1) is 24.2 Å². The summed E-state index contributed by atoms with van der Waals surface area (Å²) in [4.78, 5) is 2.38. The maximum atomic E-state index is 9.22. The summed E-state index contributed by atoms with van der Waals surface area (Å²) < 4.78 is 0. The summed E-state index contributed by atoms with van der Waals surface area (Å²) in [7, 11) is 0. The molecule has 0 spiro atoms. The summed E-state index contributed by atoms with van der Waals surface area (Å²) in [5.41, 5.74) is 3.10. The molecule has 1 aromatic carbocycles. The summed E-state index contributed by atoms with van der Waals surface area (Å²) in [5.74, 6) is 0.816. The van der Waals surface area contributed by atoms with Gasteiger partial charge < -0.3 is 4.90 Å². The standard InChI is InChI=1S/C15H20N2/c1-12-4-3-8-17(9-7-12)15-6-5-13(2)10-14(15)11-16/h5-6,10,12H,3-4,7-9H2,1-2H3. The van der Waals surface area contributed by atoms with E-state index in [4.69, 9.17) is 0 Å². The van der Waals surface area contributed by atoms with Crippen molar-refractivity contribution in [2.24, 2.45) is 5.92 Å². The summed E-state index contributed by atoms with van der Waals surface area (Å²) in [6.07, 6.45) is 3.78. The Balaban J connectivity index is 2.24. The van der Waals surface area contributed by atoms with Crippen LogP contribution in [-0.4, -0.2) is 13.1 Å². The molecular weight excluding hydrogens is 208 g/mol. The first-order valence-corrected chi connectivity index (χ1v) is 6.46. The van der Waals surface area contributed by atoms with E-state index in [1.807, 2.05) is 13.0 Å². The highest BCUT2D eigenvalue weighted by Crippen LogP contribution is 2.25. The van der Waals surface area contributed by atoms with Crippen molar-refractivity contribution in [1.29, 1.82) is 5.26 Å². The lowest BCUT2D eigenvalue weighted by Crippen LogP contribution is -2.25. The highest BCUT2D eigenvalue weighted by atomic mass is 15.1. The Morgan fingerprint density at radius 2 is 2.12 bits per heavy atom. The molecule has 2 nitrogen and oxygen atoms in total. The van der Waals surface area contributed by atoms with E-state index < -0.39 is 0 Å². The number of benzene rings is 1. The molecule has 2 rings (SSSR count). The lowest BCUT2D eigenvalue weighted by atomic mass is 10.0. The van der Waals surface area contributed by atoms with Crippen molar-refractivity contribution in [2.45, 2.75) is 33.1 Å². The molecule has 17 heavy (non-hydrogen) atoms. The third kappa shape index (κ3) is 2.79. The quantitative estimate of drug-likeness (QED) is 0.735. The smallest absolute Gasteiger partial charge is 0.101 e. The maximum absolute atomic E-state index is 9.22. The fourth-order valence-electron chi connectivity index (χ4n) is 2.52. The van der Waals surface area contributed by atoms with Gasteiger partial charge in [-0.25, -0.2) is 0 Å². The van der Waals surface area contributed by atoms with E-state index in [0.717, 1.165) is 35.8 Å². The van der Waals surface area contributed by atoms with E-state index in [1.165, 1.54) is 19.3 Å². The molecule has 0 N–H and O–H groups in total. The van der Waals surface area contributed by atoms with Crippen LogP contribution in [0.1, 0.15) is 37.3 Å². The lowest BCUT2D eigenvalue weighted by Gasteiger charge is -2.24. The Morgan fingerprint density at radius 3 is 2.88 bits per heavy atom.